The predicted octanol–water partition coefficient (Wildman–Crippen LogP) is -1.39. The number of aliphatic hydroxyl groups is 3. The fourth-order valence-electron chi connectivity index (χ4n) is 0.863. The van der Waals surface area contributed by atoms with Crippen molar-refractivity contribution in [3.8, 4) is 0 Å². The Morgan fingerprint density at radius 3 is 2.47 bits per heavy atom. The van der Waals surface area contributed by atoms with Crippen LogP contribution in [0.3, 0.4) is 0 Å². The lowest BCUT2D eigenvalue weighted by Gasteiger charge is -2.11. The normalized spacial score (nSPS) is 14.3. The van der Waals surface area contributed by atoms with Gasteiger partial charge in [0.2, 0.25) is 0 Å². The van der Waals surface area contributed by atoms with Gasteiger partial charge in [0.05, 0.1) is 6.61 Å². The molecule has 0 aliphatic heterocycles. The van der Waals surface area contributed by atoms with Crippen molar-refractivity contribution in [1.82, 2.24) is 0 Å². The van der Waals surface area contributed by atoms with Gasteiger partial charge < -0.3 is 24.9 Å². The molecule has 2 unspecified atom stereocenters. The van der Waals surface area contributed by atoms with Crippen LogP contribution in [0.25, 0.3) is 0 Å². The van der Waals surface area contributed by atoms with Gasteiger partial charge in [-0.1, -0.05) is 0 Å². The minimum Gasteiger partial charge on any atom is -0.464 e. The van der Waals surface area contributed by atoms with E-state index in [0.29, 0.717) is 19.3 Å². The Bertz CT molecular complexity index is 193. The Hall–Kier alpha value is -0.980. The molecule has 0 spiro atoms. The summed E-state index contributed by atoms with van der Waals surface area (Å²) in [6.45, 7) is 0.182. The number of carbonyl (C=O) groups is 2. The van der Waals surface area contributed by atoms with Crippen molar-refractivity contribution < 1.29 is 29.6 Å². The SMILES string of the molecule is O=CC(O)C(O)C(=O)OCCCCCO. The van der Waals surface area contributed by atoms with Crippen LogP contribution in [0.2, 0.25) is 0 Å². The van der Waals surface area contributed by atoms with Gasteiger partial charge in [0.1, 0.15) is 6.10 Å². The summed E-state index contributed by atoms with van der Waals surface area (Å²) in [6, 6.07) is 0. The highest BCUT2D eigenvalue weighted by Gasteiger charge is 2.24. The summed E-state index contributed by atoms with van der Waals surface area (Å²) >= 11 is 0. The van der Waals surface area contributed by atoms with Crippen molar-refractivity contribution >= 4 is 12.3 Å². The minimum atomic E-state index is -1.82. The molecule has 3 N–H and O–H groups in total. The number of aliphatic hydroxyl groups excluding tert-OH is 3. The van der Waals surface area contributed by atoms with Gasteiger partial charge in [0.15, 0.2) is 12.4 Å². The lowest BCUT2D eigenvalue weighted by Crippen LogP contribution is -2.36. The second-order valence-electron chi connectivity index (χ2n) is 3.02. The predicted molar refractivity (Wildman–Crippen MR) is 50.0 cm³/mol. The highest BCUT2D eigenvalue weighted by molar-refractivity contribution is 5.79. The number of carbonyl (C=O) groups excluding carboxylic acids is 2. The average Bonchev–Trinajstić information content (AvgIpc) is 2.26. The summed E-state index contributed by atoms with van der Waals surface area (Å²) < 4.78 is 4.58. The lowest BCUT2D eigenvalue weighted by molar-refractivity contribution is -0.161. The molecule has 0 fully saturated rings. The first-order valence-corrected chi connectivity index (χ1v) is 4.72. The van der Waals surface area contributed by atoms with Crippen molar-refractivity contribution in [2.45, 2.75) is 31.5 Å². The monoisotopic (exact) mass is 220 g/mol. The van der Waals surface area contributed by atoms with E-state index >= 15 is 0 Å². The summed E-state index contributed by atoms with van der Waals surface area (Å²) in [5, 5.41) is 26.2. The second-order valence-corrected chi connectivity index (χ2v) is 3.02. The highest BCUT2D eigenvalue weighted by Crippen LogP contribution is 1.98. The Labute approximate surface area is 87.5 Å². The molecule has 0 aromatic carbocycles. The van der Waals surface area contributed by atoms with Gasteiger partial charge in [-0.25, -0.2) is 4.79 Å². The largest absolute Gasteiger partial charge is 0.464 e. The van der Waals surface area contributed by atoms with Crippen LogP contribution < -0.4 is 0 Å². The van der Waals surface area contributed by atoms with E-state index in [-0.39, 0.29) is 19.5 Å². The molecule has 0 saturated heterocycles. The van der Waals surface area contributed by atoms with Gasteiger partial charge in [0, 0.05) is 6.61 Å². The van der Waals surface area contributed by atoms with Gasteiger partial charge in [-0.2, -0.15) is 0 Å². The van der Waals surface area contributed by atoms with Gasteiger partial charge in [-0.05, 0) is 19.3 Å². The molecule has 0 aromatic heterocycles. The Kier molecular flexibility index (Phi) is 7.79. The van der Waals surface area contributed by atoms with Crippen LogP contribution in [-0.2, 0) is 14.3 Å². The third-order valence-corrected chi connectivity index (χ3v) is 1.75. The summed E-state index contributed by atoms with van der Waals surface area (Å²) in [7, 11) is 0. The molecule has 6 nitrogen and oxygen atoms in total. The smallest absolute Gasteiger partial charge is 0.338 e. The lowest BCUT2D eigenvalue weighted by atomic mass is 10.2. The summed E-state index contributed by atoms with van der Waals surface area (Å²) in [4.78, 5) is 21.0. The quantitative estimate of drug-likeness (QED) is 0.264. The number of esters is 1. The van der Waals surface area contributed by atoms with Gasteiger partial charge in [-0.15, -0.1) is 0 Å². The first-order valence-electron chi connectivity index (χ1n) is 4.72. The first-order chi connectivity index (χ1) is 7.13. The molecular formula is C9H16O6. The Morgan fingerprint density at radius 1 is 1.27 bits per heavy atom. The van der Waals surface area contributed by atoms with Gasteiger partial charge in [-0.3, -0.25) is 0 Å². The van der Waals surface area contributed by atoms with E-state index in [1.54, 1.807) is 0 Å². The summed E-state index contributed by atoms with van der Waals surface area (Å²) in [5.74, 6) is -1.02. The molecule has 0 aliphatic carbocycles. The van der Waals surface area contributed by atoms with E-state index in [1.807, 2.05) is 0 Å². The number of unbranched alkanes of at least 4 members (excludes halogenated alkanes) is 2. The molecule has 0 bridgehead atoms. The van der Waals surface area contributed by atoms with E-state index in [9.17, 15) is 9.59 Å². The topological polar surface area (TPSA) is 104 Å². The zero-order valence-corrected chi connectivity index (χ0v) is 8.33. The van der Waals surface area contributed by atoms with Crippen LogP contribution in [-0.4, -0.2) is 53.0 Å². The van der Waals surface area contributed by atoms with Crippen molar-refractivity contribution in [2.75, 3.05) is 13.2 Å². The molecule has 0 aliphatic rings. The number of hydrogen-bond acceptors (Lipinski definition) is 6. The molecule has 0 amide bonds. The van der Waals surface area contributed by atoms with Gasteiger partial charge >= 0.3 is 5.97 Å². The van der Waals surface area contributed by atoms with Crippen molar-refractivity contribution in [2.24, 2.45) is 0 Å². The number of aldehydes is 1. The van der Waals surface area contributed by atoms with E-state index in [2.05, 4.69) is 4.74 Å². The molecule has 6 heteroatoms. The number of hydrogen-bond donors (Lipinski definition) is 3. The minimum absolute atomic E-state index is 0.0672. The third kappa shape index (κ3) is 6.16. The highest BCUT2D eigenvalue weighted by atomic mass is 16.5. The number of rotatable bonds is 8. The third-order valence-electron chi connectivity index (χ3n) is 1.75. The molecule has 0 radical (unpaired) electrons. The molecule has 0 rings (SSSR count). The van der Waals surface area contributed by atoms with E-state index in [1.165, 1.54) is 0 Å². The number of ether oxygens (including phenoxy) is 1. The molecular weight excluding hydrogens is 204 g/mol. The van der Waals surface area contributed by atoms with Gasteiger partial charge in [0.25, 0.3) is 0 Å². The van der Waals surface area contributed by atoms with Crippen LogP contribution in [0, 0.1) is 0 Å². The molecule has 0 aromatic rings. The Balaban J connectivity index is 3.60. The van der Waals surface area contributed by atoms with Crippen LogP contribution in [0.1, 0.15) is 19.3 Å². The maximum atomic E-state index is 10.9. The van der Waals surface area contributed by atoms with Crippen LogP contribution in [0.5, 0.6) is 0 Å². The maximum absolute atomic E-state index is 10.9. The van der Waals surface area contributed by atoms with Crippen LogP contribution in [0.4, 0.5) is 0 Å². The van der Waals surface area contributed by atoms with Crippen molar-refractivity contribution in [3.63, 3.8) is 0 Å². The zero-order valence-electron chi connectivity index (χ0n) is 8.33. The first kappa shape index (κ1) is 14.0. The summed E-state index contributed by atoms with van der Waals surface area (Å²) in [6.07, 6.45) is -1.60. The summed E-state index contributed by atoms with van der Waals surface area (Å²) in [5.41, 5.74) is 0. The second kappa shape index (κ2) is 8.34. The maximum Gasteiger partial charge on any atom is 0.338 e. The standard InChI is InChI=1S/C9H16O6/c10-4-2-1-3-5-15-9(14)8(13)7(12)6-11/h6-8,10,12-13H,1-5H2. The molecule has 0 heterocycles. The fourth-order valence-corrected chi connectivity index (χ4v) is 0.863. The van der Waals surface area contributed by atoms with Crippen LogP contribution in [0.15, 0.2) is 0 Å². The average molecular weight is 220 g/mol. The van der Waals surface area contributed by atoms with Crippen molar-refractivity contribution in [3.05, 3.63) is 0 Å². The van der Waals surface area contributed by atoms with E-state index in [4.69, 9.17) is 15.3 Å². The van der Waals surface area contributed by atoms with E-state index in [0.717, 1.165) is 0 Å². The molecule has 15 heavy (non-hydrogen) atoms. The van der Waals surface area contributed by atoms with Crippen LogP contribution >= 0.6 is 0 Å². The molecule has 2 atom stereocenters. The fraction of sp³-hybridized carbons (Fsp3) is 0.778. The molecule has 88 valence electrons. The van der Waals surface area contributed by atoms with E-state index < -0.39 is 18.2 Å². The van der Waals surface area contributed by atoms with Crippen molar-refractivity contribution in [1.29, 1.82) is 0 Å². The molecule has 0 saturated carbocycles. The Morgan fingerprint density at radius 2 is 1.93 bits per heavy atom. The zero-order chi connectivity index (χ0) is 11.7.